The van der Waals surface area contributed by atoms with Gasteiger partial charge in [-0.15, -0.1) is 0 Å². The summed E-state index contributed by atoms with van der Waals surface area (Å²) < 4.78 is 5.60. The van der Waals surface area contributed by atoms with Crippen LogP contribution in [-0.2, 0) is 4.79 Å². The molecule has 2 N–H and O–H groups in total. The molecule has 0 saturated carbocycles. The van der Waals surface area contributed by atoms with Gasteiger partial charge in [0.05, 0.1) is 18.5 Å². The highest BCUT2D eigenvalue weighted by Gasteiger charge is 2.26. The van der Waals surface area contributed by atoms with Crippen molar-refractivity contribution in [2.45, 2.75) is 12.5 Å². The summed E-state index contributed by atoms with van der Waals surface area (Å²) in [7, 11) is 0. The summed E-state index contributed by atoms with van der Waals surface area (Å²) >= 11 is 0. The number of furan rings is 1. The number of nitrogens with two attached hydrogens (primary N) is 1. The summed E-state index contributed by atoms with van der Waals surface area (Å²) in [6.45, 7) is 0.944. The van der Waals surface area contributed by atoms with E-state index >= 15 is 0 Å². The summed E-state index contributed by atoms with van der Waals surface area (Å²) in [5.74, 6) is 0.845. The SMILES string of the molecule is O=C(C[NH2+][C@@H](c1ccccc1)c1ccco1)N1CCC(c2ccccc2)=N1. The molecule has 0 bridgehead atoms. The number of carbonyl (C=O) groups excluding carboxylic acids is 1. The molecule has 5 heteroatoms. The third-order valence-corrected chi connectivity index (χ3v) is 4.73. The lowest BCUT2D eigenvalue weighted by Gasteiger charge is -2.16. The minimum Gasteiger partial charge on any atom is -0.463 e. The molecule has 136 valence electrons. The Kier molecular flexibility index (Phi) is 5.12. The maximum Gasteiger partial charge on any atom is 0.297 e. The van der Waals surface area contributed by atoms with Gasteiger partial charge in [0.25, 0.3) is 5.91 Å². The number of amides is 1. The van der Waals surface area contributed by atoms with E-state index < -0.39 is 0 Å². The molecule has 1 aliphatic rings. The van der Waals surface area contributed by atoms with Crippen molar-refractivity contribution in [3.63, 3.8) is 0 Å². The Morgan fingerprint density at radius 3 is 2.48 bits per heavy atom. The van der Waals surface area contributed by atoms with Crippen LogP contribution in [0.25, 0.3) is 0 Å². The van der Waals surface area contributed by atoms with Crippen LogP contribution in [-0.4, -0.2) is 29.7 Å². The van der Waals surface area contributed by atoms with Crippen LogP contribution in [0.2, 0.25) is 0 Å². The second kappa shape index (κ2) is 8.01. The molecule has 5 nitrogen and oxygen atoms in total. The summed E-state index contributed by atoms with van der Waals surface area (Å²) in [5.41, 5.74) is 3.15. The molecule has 4 rings (SSSR count). The van der Waals surface area contributed by atoms with Crippen molar-refractivity contribution < 1.29 is 14.5 Å². The van der Waals surface area contributed by atoms with Gasteiger partial charge in [0, 0.05) is 12.0 Å². The van der Waals surface area contributed by atoms with Crippen molar-refractivity contribution in [3.05, 3.63) is 95.9 Å². The molecule has 1 amide bonds. The highest BCUT2D eigenvalue weighted by Crippen LogP contribution is 2.18. The van der Waals surface area contributed by atoms with Gasteiger partial charge in [-0.25, -0.2) is 5.01 Å². The smallest absolute Gasteiger partial charge is 0.297 e. The fourth-order valence-corrected chi connectivity index (χ4v) is 3.34. The Bertz CT molecular complexity index is 905. The normalized spacial score (nSPS) is 14.8. The van der Waals surface area contributed by atoms with Crippen LogP contribution in [0.4, 0.5) is 0 Å². The average molecular weight is 360 g/mol. The van der Waals surface area contributed by atoms with Gasteiger partial charge in [-0.2, -0.15) is 5.10 Å². The Morgan fingerprint density at radius 2 is 1.78 bits per heavy atom. The van der Waals surface area contributed by atoms with E-state index in [0.717, 1.165) is 29.0 Å². The van der Waals surface area contributed by atoms with Crippen LogP contribution in [0, 0.1) is 0 Å². The van der Waals surface area contributed by atoms with Crippen molar-refractivity contribution in [2.24, 2.45) is 5.10 Å². The number of hydrazone groups is 1. The Hall–Kier alpha value is -3.18. The second-order valence-electron chi connectivity index (χ2n) is 6.52. The van der Waals surface area contributed by atoms with Gasteiger partial charge in [-0.1, -0.05) is 60.7 Å². The van der Waals surface area contributed by atoms with Gasteiger partial charge in [-0.3, -0.25) is 4.79 Å². The Labute approximate surface area is 158 Å². The molecule has 0 aliphatic carbocycles. The first-order chi connectivity index (χ1) is 13.3. The summed E-state index contributed by atoms with van der Waals surface area (Å²) in [6, 6.07) is 23.9. The van der Waals surface area contributed by atoms with E-state index in [4.69, 9.17) is 4.42 Å². The highest BCUT2D eigenvalue weighted by molar-refractivity contribution is 6.02. The third-order valence-electron chi connectivity index (χ3n) is 4.73. The minimum atomic E-state index is -0.0506. The zero-order valence-corrected chi connectivity index (χ0v) is 15.0. The second-order valence-corrected chi connectivity index (χ2v) is 6.52. The van der Waals surface area contributed by atoms with Crippen LogP contribution < -0.4 is 5.32 Å². The van der Waals surface area contributed by atoms with E-state index in [2.05, 4.69) is 17.2 Å². The molecule has 0 spiro atoms. The lowest BCUT2D eigenvalue weighted by atomic mass is 10.0. The van der Waals surface area contributed by atoms with E-state index in [9.17, 15) is 4.79 Å². The number of quaternary nitrogens is 1. The van der Waals surface area contributed by atoms with Crippen molar-refractivity contribution in [2.75, 3.05) is 13.1 Å². The maximum atomic E-state index is 12.7. The first-order valence-corrected chi connectivity index (χ1v) is 9.16. The predicted molar refractivity (Wildman–Crippen MR) is 103 cm³/mol. The predicted octanol–water partition coefficient (Wildman–Crippen LogP) is 2.57. The molecule has 0 fully saturated rings. The van der Waals surface area contributed by atoms with Crippen LogP contribution in [0.1, 0.15) is 29.3 Å². The van der Waals surface area contributed by atoms with Gasteiger partial charge in [0.1, 0.15) is 0 Å². The van der Waals surface area contributed by atoms with E-state index in [1.807, 2.05) is 66.0 Å². The average Bonchev–Trinajstić information content (AvgIpc) is 3.42. The largest absolute Gasteiger partial charge is 0.463 e. The molecule has 1 aromatic heterocycles. The van der Waals surface area contributed by atoms with Gasteiger partial charge >= 0.3 is 0 Å². The van der Waals surface area contributed by atoms with E-state index in [-0.39, 0.29) is 11.9 Å². The molecule has 0 radical (unpaired) electrons. The number of hydrogen-bond donors (Lipinski definition) is 1. The van der Waals surface area contributed by atoms with E-state index in [1.54, 1.807) is 11.3 Å². The first-order valence-electron chi connectivity index (χ1n) is 9.16. The lowest BCUT2D eigenvalue weighted by Crippen LogP contribution is -2.87. The molecule has 1 atom stereocenters. The molecule has 2 heterocycles. The number of nitrogens with zero attached hydrogens (tertiary/aromatic N) is 2. The van der Waals surface area contributed by atoms with Crippen LogP contribution in [0.5, 0.6) is 0 Å². The minimum absolute atomic E-state index is 0.00779. The number of hydrogen-bond acceptors (Lipinski definition) is 3. The number of carbonyl (C=O) groups is 1. The van der Waals surface area contributed by atoms with E-state index in [1.165, 1.54) is 0 Å². The summed E-state index contributed by atoms with van der Waals surface area (Å²) in [6.07, 6.45) is 2.45. The number of rotatable bonds is 6. The van der Waals surface area contributed by atoms with Crippen LogP contribution in [0.15, 0.2) is 88.6 Å². The van der Waals surface area contributed by atoms with Gasteiger partial charge < -0.3 is 9.73 Å². The monoisotopic (exact) mass is 360 g/mol. The standard InChI is InChI=1S/C22H21N3O2/c26-21(25-14-13-19(24-25)17-8-3-1-4-9-17)16-23-22(20-12-7-15-27-20)18-10-5-2-6-11-18/h1-12,15,22-23H,13-14,16H2/p+1/t22-/m0/s1. The van der Waals surface area contributed by atoms with Crippen molar-refractivity contribution >= 4 is 11.6 Å². The Balaban J connectivity index is 1.44. The highest BCUT2D eigenvalue weighted by atomic mass is 16.3. The molecular weight excluding hydrogens is 338 g/mol. The fraction of sp³-hybridized carbons (Fsp3) is 0.182. The zero-order valence-electron chi connectivity index (χ0n) is 15.0. The molecule has 1 aliphatic heterocycles. The molecule has 27 heavy (non-hydrogen) atoms. The van der Waals surface area contributed by atoms with Gasteiger partial charge in [0.15, 0.2) is 18.3 Å². The maximum absolute atomic E-state index is 12.7. The lowest BCUT2D eigenvalue weighted by molar-refractivity contribution is -0.679. The number of benzene rings is 2. The quantitative estimate of drug-likeness (QED) is 0.734. The topological polar surface area (TPSA) is 62.4 Å². The van der Waals surface area contributed by atoms with E-state index in [0.29, 0.717) is 13.1 Å². The van der Waals surface area contributed by atoms with Crippen molar-refractivity contribution in [1.29, 1.82) is 0 Å². The Morgan fingerprint density at radius 1 is 1.04 bits per heavy atom. The third kappa shape index (κ3) is 3.99. The van der Waals surface area contributed by atoms with Gasteiger partial charge in [0.2, 0.25) is 0 Å². The van der Waals surface area contributed by atoms with Crippen molar-refractivity contribution in [3.8, 4) is 0 Å². The molecule has 0 saturated heterocycles. The van der Waals surface area contributed by atoms with Crippen LogP contribution >= 0.6 is 0 Å². The van der Waals surface area contributed by atoms with Crippen LogP contribution in [0.3, 0.4) is 0 Å². The zero-order chi connectivity index (χ0) is 18.5. The molecule has 3 aromatic rings. The van der Waals surface area contributed by atoms with Crippen molar-refractivity contribution in [1.82, 2.24) is 5.01 Å². The molecule has 0 unspecified atom stereocenters. The van der Waals surface area contributed by atoms with Gasteiger partial charge in [-0.05, 0) is 17.7 Å². The molecular formula is C22H22N3O2+. The summed E-state index contributed by atoms with van der Waals surface area (Å²) in [5, 5.41) is 8.12. The summed E-state index contributed by atoms with van der Waals surface area (Å²) in [4.78, 5) is 12.7. The first kappa shape index (κ1) is 17.2. The fourth-order valence-electron chi connectivity index (χ4n) is 3.34. The molecule has 2 aromatic carbocycles.